The molecule has 0 radical (unpaired) electrons. The highest BCUT2D eigenvalue weighted by Crippen LogP contribution is 2.39. The molecular formula is C11H15NO4S2. The molecule has 0 aromatic heterocycles. The molecule has 0 aliphatic carbocycles. The van der Waals surface area contributed by atoms with Crippen LogP contribution in [0.25, 0.3) is 0 Å². The van der Waals surface area contributed by atoms with E-state index in [1.165, 1.54) is 29.6 Å². The fourth-order valence-corrected chi connectivity index (χ4v) is 3.62. The first kappa shape index (κ1) is 15.3. The third-order valence-corrected chi connectivity index (χ3v) is 4.88. The van der Waals surface area contributed by atoms with E-state index in [2.05, 4.69) is 0 Å². The fraction of sp³-hybridized carbons (Fsp3) is 0.455. The van der Waals surface area contributed by atoms with Crippen LogP contribution < -0.4 is 0 Å². The maximum Gasteiger partial charge on any atom is 0.269 e. The van der Waals surface area contributed by atoms with Gasteiger partial charge in [-0.15, -0.1) is 23.5 Å². The van der Waals surface area contributed by atoms with Gasteiger partial charge in [0.1, 0.15) is 0 Å². The Morgan fingerprint density at radius 3 is 2.33 bits per heavy atom. The minimum absolute atomic E-state index is 0.0100. The molecule has 100 valence electrons. The van der Waals surface area contributed by atoms with Crippen molar-refractivity contribution in [2.75, 3.05) is 24.7 Å². The van der Waals surface area contributed by atoms with Crippen LogP contribution in [0.3, 0.4) is 0 Å². The summed E-state index contributed by atoms with van der Waals surface area (Å²) in [7, 11) is 0. The number of aliphatic hydroxyl groups excluding tert-OH is 2. The topological polar surface area (TPSA) is 83.6 Å². The summed E-state index contributed by atoms with van der Waals surface area (Å²) in [6.07, 6.45) is 0. The minimum Gasteiger partial charge on any atom is -0.396 e. The van der Waals surface area contributed by atoms with Gasteiger partial charge in [0.05, 0.1) is 22.7 Å². The van der Waals surface area contributed by atoms with E-state index in [4.69, 9.17) is 10.2 Å². The zero-order valence-electron chi connectivity index (χ0n) is 9.69. The number of rotatable bonds is 8. The number of nitro benzene ring substituents is 1. The van der Waals surface area contributed by atoms with E-state index in [0.717, 1.165) is 5.56 Å². The van der Waals surface area contributed by atoms with Crippen molar-refractivity contribution in [3.63, 3.8) is 0 Å². The molecule has 0 fully saturated rings. The van der Waals surface area contributed by atoms with Crippen molar-refractivity contribution in [3.05, 3.63) is 39.9 Å². The molecule has 0 aliphatic rings. The van der Waals surface area contributed by atoms with Crippen LogP contribution in [0.4, 0.5) is 5.69 Å². The Labute approximate surface area is 114 Å². The average Bonchev–Trinajstić information content (AvgIpc) is 2.39. The summed E-state index contributed by atoms with van der Waals surface area (Å²) in [5.41, 5.74) is 0.896. The van der Waals surface area contributed by atoms with E-state index in [-0.39, 0.29) is 23.5 Å². The molecule has 0 saturated carbocycles. The van der Waals surface area contributed by atoms with E-state index in [0.29, 0.717) is 11.5 Å². The van der Waals surface area contributed by atoms with Gasteiger partial charge in [0, 0.05) is 23.6 Å². The Balaban J connectivity index is 2.82. The quantitative estimate of drug-likeness (QED) is 0.433. The second-order valence-corrected chi connectivity index (χ2v) is 6.10. The summed E-state index contributed by atoms with van der Waals surface area (Å²) in [4.78, 5) is 10.3. The van der Waals surface area contributed by atoms with Gasteiger partial charge in [-0.3, -0.25) is 10.1 Å². The molecule has 1 aromatic carbocycles. The molecule has 0 spiro atoms. The average molecular weight is 289 g/mol. The molecule has 0 heterocycles. The summed E-state index contributed by atoms with van der Waals surface area (Å²) in [5.74, 6) is 1.12. The first-order chi connectivity index (χ1) is 8.69. The van der Waals surface area contributed by atoms with Crippen LogP contribution in [0.2, 0.25) is 0 Å². The van der Waals surface area contributed by atoms with Gasteiger partial charge in [0.25, 0.3) is 5.69 Å². The summed E-state index contributed by atoms with van der Waals surface area (Å²) >= 11 is 3.03. The highest BCUT2D eigenvalue weighted by atomic mass is 32.2. The molecule has 0 aliphatic heterocycles. The van der Waals surface area contributed by atoms with Crippen molar-refractivity contribution in [3.8, 4) is 0 Å². The minimum atomic E-state index is -0.423. The summed E-state index contributed by atoms with van der Waals surface area (Å²) in [6, 6.07) is 6.47. The van der Waals surface area contributed by atoms with Crippen LogP contribution in [0.5, 0.6) is 0 Å². The van der Waals surface area contributed by atoms with E-state index in [1.54, 1.807) is 12.1 Å². The SMILES string of the molecule is O=[N+]([O-])c1cccc(C(SCCO)SCCO)c1. The first-order valence-corrected chi connectivity index (χ1v) is 7.48. The Hall–Kier alpha value is -0.760. The van der Waals surface area contributed by atoms with Gasteiger partial charge in [-0.05, 0) is 5.56 Å². The second-order valence-electron chi connectivity index (χ2n) is 3.37. The Morgan fingerprint density at radius 2 is 1.83 bits per heavy atom. The maximum atomic E-state index is 10.7. The molecule has 0 saturated heterocycles. The van der Waals surface area contributed by atoms with E-state index < -0.39 is 4.92 Å². The predicted molar refractivity (Wildman–Crippen MR) is 74.9 cm³/mol. The molecule has 2 N–H and O–H groups in total. The third kappa shape index (κ3) is 4.85. The molecule has 0 unspecified atom stereocenters. The molecule has 7 heteroatoms. The summed E-state index contributed by atoms with van der Waals surface area (Å²) in [6.45, 7) is 0.131. The third-order valence-electron chi connectivity index (χ3n) is 2.07. The number of nitrogens with zero attached hydrogens (tertiary/aromatic N) is 1. The highest BCUT2D eigenvalue weighted by Gasteiger charge is 2.15. The zero-order chi connectivity index (χ0) is 13.4. The van der Waals surface area contributed by atoms with Crippen LogP contribution in [-0.4, -0.2) is 39.9 Å². The Morgan fingerprint density at radius 1 is 1.22 bits per heavy atom. The number of non-ortho nitro benzene ring substituents is 1. The lowest BCUT2D eigenvalue weighted by atomic mass is 10.2. The summed E-state index contributed by atoms with van der Waals surface area (Å²) in [5, 5.41) is 28.4. The van der Waals surface area contributed by atoms with Gasteiger partial charge in [0.15, 0.2) is 0 Å². The normalized spacial score (nSPS) is 10.8. The lowest BCUT2D eigenvalue weighted by Gasteiger charge is -2.15. The summed E-state index contributed by atoms with van der Waals surface area (Å²) < 4.78 is -0.0100. The lowest BCUT2D eigenvalue weighted by Crippen LogP contribution is -1.98. The zero-order valence-corrected chi connectivity index (χ0v) is 11.3. The lowest BCUT2D eigenvalue weighted by molar-refractivity contribution is -0.384. The van der Waals surface area contributed by atoms with E-state index >= 15 is 0 Å². The van der Waals surface area contributed by atoms with Crippen molar-refractivity contribution in [1.29, 1.82) is 0 Å². The Kier molecular flexibility index (Phi) is 7.11. The number of aliphatic hydroxyl groups is 2. The first-order valence-electron chi connectivity index (χ1n) is 5.38. The standard InChI is InChI=1S/C11H15NO4S2/c13-4-6-17-11(18-7-5-14)9-2-1-3-10(8-9)12(15)16/h1-3,8,11,13-14H,4-7H2. The van der Waals surface area contributed by atoms with Crippen molar-refractivity contribution >= 4 is 29.2 Å². The number of thioether (sulfide) groups is 2. The van der Waals surface area contributed by atoms with Crippen molar-refractivity contribution in [2.24, 2.45) is 0 Å². The van der Waals surface area contributed by atoms with Crippen molar-refractivity contribution in [1.82, 2.24) is 0 Å². The molecule has 1 aromatic rings. The van der Waals surface area contributed by atoms with Crippen LogP contribution in [0.15, 0.2) is 24.3 Å². The Bertz CT molecular complexity index is 381. The van der Waals surface area contributed by atoms with Gasteiger partial charge in [-0.25, -0.2) is 0 Å². The van der Waals surface area contributed by atoms with Crippen LogP contribution in [0.1, 0.15) is 10.1 Å². The molecule has 5 nitrogen and oxygen atoms in total. The van der Waals surface area contributed by atoms with Gasteiger partial charge in [0.2, 0.25) is 0 Å². The largest absolute Gasteiger partial charge is 0.396 e. The maximum absolute atomic E-state index is 10.7. The molecule has 18 heavy (non-hydrogen) atoms. The monoisotopic (exact) mass is 289 g/mol. The van der Waals surface area contributed by atoms with E-state index in [9.17, 15) is 10.1 Å². The smallest absolute Gasteiger partial charge is 0.269 e. The van der Waals surface area contributed by atoms with Crippen molar-refractivity contribution < 1.29 is 15.1 Å². The number of nitro groups is 1. The molecule has 0 amide bonds. The second kappa shape index (κ2) is 8.36. The molecule has 0 bridgehead atoms. The van der Waals surface area contributed by atoms with Crippen LogP contribution in [0, 0.1) is 10.1 Å². The highest BCUT2D eigenvalue weighted by molar-refractivity contribution is 8.16. The van der Waals surface area contributed by atoms with Crippen LogP contribution in [-0.2, 0) is 0 Å². The van der Waals surface area contributed by atoms with Gasteiger partial charge in [-0.1, -0.05) is 12.1 Å². The van der Waals surface area contributed by atoms with Crippen LogP contribution >= 0.6 is 23.5 Å². The molecule has 1 rings (SSSR count). The predicted octanol–water partition coefficient (Wildman–Crippen LogP) is 2.04. The number of hydrogen-bond donors (Lipinski definition) is 2. The van der Waals surface area contributed by atoms with Gasteiger partial charge < -0.3 is 10.2 Å². The van der Waals surface area contributed by atoms with Crippen molar-refractivity contribution in [2.45, 2.75) is 4.58 Å². The number of benzene rings is 1. The molecular weight excluding hydrogens is 274 g/mol. The van der Waals surface area contributed by atoms with Gasteiger partial charge >= 0.3 is 0 Å². The fourth-order valence-electron chi connectivity index (χ4n) is 1.35. The molecule has 0 atom stereocenters. The van der Waals surface area contributed by atoms with E-state index in [1.807, 2.05) is 6.07 Å². The van der Waals surface area contributed by atoms with Gasteiger partial charge in [-0.2, -0.15) is 0 Å². The number of hydrogen-bond acceptors (Lipinski definition) is 6.